The first-order valence-corrected chi connectivity index (χ1v) is 12.3. The molecule has 0 amide bonds. The molecule has 1 fully saturated rings. The quantitative estimate of drug-likeness (QED) is 0.559. The van der Waals surface area contributed by atoms with Crippen LogP contribution in [0.15, 0.2) is 36.4 Å². The van der Waals surface area contributed by atoms with E-state index >= 15 is 0 Å². The van der Waals surface area contributed by atoms with Gasteiger partial charge in [0.2, 0.25) is 0 Å². The number of benzene rings is 2. The normalized spacial score (nSPS) is 18.1. The fourth-order valence-corrected chi connectivity index (χ4v) is 5.00. The minimum Gasteiger partial charge on any atom is -0.492 e. The van der Waals surface area contributed by atoms with Gasteiger partial charge < -0.3 is 24.2 Å². The molecular weight excluding hydrogens is 464 g/mol. The molecule has 7 nitrogen and oxygen atoms in total. The van der Waals surface area contributed by atoms with Gasteiger partial charge in [0.15, 0.2) is 0 Å². The molecule has 0 saturated carbocycles. The zero-order valence-corrected chi connectivity index (χ0v) is 19.2. The van der Waals surface area contributed by atoms with Gasteiger partial charge in [0.25, 0.3) is 0 Å². The second-order valence-corrected chi connectivity index (χ2v) is 9.94. The minimum absolute atomic E-state index is 0.0144. The highest BCUT2D eigenvalue weighted by Gasteiger charge is 2.43. The van der Waals surface area contributed by atoms with E-state index in [1.807, 2.05) is 12.1 Å². The fourth-order valence-electron chi connectivity index (χ4n) is 4.18. The molecule has 0 aromatic heterocycles. The van der Waals surface area contributed by atoms with Crippen LogP contribution >= 0.6 is 31.0 Å². The van der Waals surface area contributed by atoms with Gasteiger partial charge in [0.1, 0.15) is 18.1 Å². The SMILES string of the molecule is O=P(O)(O)OCCN1CCC2(CC1)COc1cc(OCc3c(Cl)cccc3Cl)ccc12. The third-order valence-electron chi connectivity index (χ3n) is 5.95. The predicted octanol–water partition coefficient (Wildman–Crippen LogP) is 4.41. The monoisotopic (exact) mass is 487 g/mol. The summed E-state index contributed by atoms with van der Waals surface area (Å²) < 4.78 is 27.3. The number of likely N-dealkylation sites (tertiary alicyclic amines) is 1. The van der Waals surface area contributed by atoms with Crippen molar-refractivity contribution in [3.63, 3.8) is 0 Å². The summed E-state index contributed by atoms with van der Waals surface area (Å²) in [6, 6.07) is 11.3. The van der Waals surface area contributed by atoms with Crippen molar-refractivity contribution in [1.29, 1.82) is 0 Å². The van der Waals surface area contributed by atoms with E-state index in [-0.39, 0.29) is 18.6 Å². The molecule has 2 aromatic rings. The molecule has 1 spiro atoms. The molecule has 2 aromatic carbocycles. The third kappa shape index (κ3) is 5.37. The van der Waals surface area contributed by atoms with Crippen LogP contribution in [0.25, 0.3) is 0 Å². The van der Waals surface area contributed by atoms with Crippen LogP contribution in [0, 0.1) is 0 Å². The van der Waals surface area contributed by atoms with E-state index < -0.39 is 7.82 Å². The molecule has 0 aliphatic carbocycles. The fraction of sp³-hybridized carbons (Fsp3) is 0.429. The van der Waals surface area contributed by atoms with Crippen LogP contribution in [0.2, 0.25) is 10.0 Å². The lowest BCUT2D eigenvalue weighted by Crippen LogP contribution is -2.44. The molecule has 2 aliphatic rings. The van der Waals surface area contributed by atoms with Crippen LogP contribution in [0.4, 0.5) is 0 Å². The topological polar surface area (TPSA) is 88.5 Å². The number of phosphoric ester groups is 1. The van der Waals surface area contributed by atoms with Crippen molar-refractivity contribution in [1.82, 2.24) is 4.90 Å². The summed E-state index contributed by atoms with van der Waals surface area (Å²) in [6.07, 6.45) is 1.82. The summed E-state index contributed by atoms with van der Waals surface area (Å²) in [5.41, 5.74) is 1.89. The maximum atomic E-state index is 10.8. The Kier molecular flexibility index (Phi) is 6.85. The molecule has 31 heavy (non-hydrogen) atoms. The number of rotatable bonds is 7. The first-order chi connectivity index (χ1) is 14.8. The van der Waals surface area contributed by atoms with Gasteiger partial charge in [-0.25, -0.2) is 4.57 Å². The number of nitrogens with zero attached hydrogens (tertiary/aromatic N) is 1. The lowest BCUT2D eigenvalue weighted by atomic mass is 9.74. The van der Waals surface area contributed by atoms with E-state index in [0.717, 1.165) is 37.2 Å². The molecule has 4 rings (SSSR count). The maximum absolute atomic E-state index is 10.8. The lowest BCUT2D eigenvalue weighted by molar-refractivity contribution is 0.110. The first kappa shape index (κ1) is 22.9. The Morgan fingerprint density at radius 2 is 1.84 bits per heavy atom. The Morgan fingerprint density at radius 3 is 2.52 bits per heavy atom. The van der Waals surface area contributed by atoms with E-state index in [2.05, 4.69) is 15.5 Å². The predicted molar refractivity (Wildman–Crippen MR) is 118 cm³/mol. The highest BCUT2D eigenvalue weighted by atomic mass is 35.5. The molecule has 0 bridgehead atoms. The van der Waals surface area contributed by atoms with Crippen molar-refractivity contribution < 1.29 is 28.3 Å². The average Bonchev–Trinajstić information content (AvgIpc) is 3.06. The van der Waals surface area contributed by atoms with E-state index in [9.17, 15) is 4.57 Å². The molecule has 10 heteroatoms. The summed E-state index contributed by atoms with van der Waals surface area (Å²) in [6.45, 7) is 3.03. The second-order valence-electron chi connectivity index (χ2n) is 7.88. The number of ether oxygens (including phenoxy) is 2. The van der Waals surface area contributed by atoms with Gasteiger partial charge >= 0.3 is 7.82 Å². The minimum atomic E-state index is -4.41. The van der Waals surface area contributed by atoms with E-state index in [1.54, 1.807) is 18.2 Å². The first-order valence-electron chi connectivity index (χ1n) is 10.0. The van der Waals surface area contributed by atoms with Crippen molar-refractivity contribution >= 4 is 31.0 Å². The van der Waals surface area contributed by atoms with E-state index in [0.29, 0.717) is 28.9 Å². The standard InChI is InChI=1S/C21H24Cl2NO6P/c22-18-2-1-3-19(23)16(18)13-28-15-4-5-17-20(12-15)29-14-21(17)6-8-24(9-7-21)10-11-30-31(25,26)27/h1-5,12H,6-11,13-14H2,(H2,25,26,27). The molecule has 1 saturated heterocycles. The van der Waals surface area contributed by atoms with Crippen LogP contribution < -0.4 is 9.47 Å². The van der Waals surface area contributed by atoms with Gasteiger partial charge in [-0.3, -0.25) is 4.52 Å². The summed E-state index contributed by atoms with van der Waals surface area (Å²) in [5, 5.41) is 1.14. The van der Waals surface area contributed by atoms with Crippen molar-refractivity contribution in [2.24, 2.45) is 0 Å². The number of piperidine rings is 1. The Labute approximate surface area is 191 Å². The van der Waals surface area contributed by atoms with Gasteiger partial charge in [0.05, 0.1) is 13.2 Å². The largest absolute Gasteiger partial charge is 0.492 e. The molecule has 0 atom stereocenters. The van der Waals surface area contributed by atoms with Crippen LogP contribution in [0.3, 0.4) is 0 Å². The van der Waals surface area contributed by atoms with Crippen molar-refractivity contribution in [2.45, 2.75) is 24.9 Å². The Hall–Kier alpha value is -1.31. The Bertz CT molecular complexity index is 970. The van der Waals surface area contributed by atoms with Gasteiger partial charge in [-0.15, -0.1) is 0 Å². The van der Waals surface area contributed by atoms with Gasteiger partial charge in [0, 0.05) is 39.2 Å². The van der Waals surface area contributed by atoms with Crippen LogP contribution in [0.1, 0.15) is 24.0 Å². The average molecular weight is 488 g/mol. The second kappa shape index (κ2) is 9.28. The van der Waals surface area contributed by atoms with Gasteiger partial charge in [-0.05, 0) is 44.1 Å². The highest BCUT2D eigenvalue weighted by Crippen LogP contribution is 2.47. The number of phosphoric acid groups is 1. The van der Waals surface area contributed by atoms with Crippen LogP contribution in [-0.2, 0) is 21.1 Å². The maximum Gasteiger partial charge on any atom is 0.469 e. The molecule has 2 aliphatic heterocycles. The Balaban J connectivity index is 1.36. The lowest BCUT2D eigenvalue weighted by Gasteiger charge is -2.38. The molecular formula is C21H24Cl2NO6P. The van der Waals surface area contributed by atoms with E-state index in [4.69, 9.17) is 42.5 Å². The number of fused-ring (bicyclic) bond motifs is 2. The van der Waals surface area contributed by atoms with Crippen LogP contribution in [-0.4, -0.2) is 47.5 Å². The molecule has 2 heterocycles. The summed E-state index contributed by atoms with van der Waals surface area (Å²) in [5.74, 6) is 1.53. The van der Waals surface area contributed by atoms with Gasteiger partial charge in [-0.2, -0.15) is 0 Å². The molecule has 0 radical (unpaired) electrons. The molecule has 2 N–H and O–H groups in total. The number of hydrogen-bond donors (Lipinski definition) is 2. The molecule has 168 valence electrons. The van der Waals surface area contributed by atoms with Gasteiger partial charge in [-0.1, -0.05) is 35.3 Å². The highest BCUT2D eigenvalue weighted by molar-refractivity contribution is 7.46. The van der Waals surface area contributed by atoms with Crippen LogP contribution in [0.5, 0.6) is 11.5 Å². The number of hydrogen-bond acceptors (Lipinski definition) is 5. The third-order valence-corrected chi connectivity index (χ3v) is 7.18. The van der Waals surface area contributed by atoms with E-state index in [1.165, 1.54) is 5.56 Å². The smallest absolute Gasteiger partial charge is 0.469 e. The zero-order valence-electron chi connectivity index (χ0n) is 16.8. The number of halogens is 2. The zero-order chi connectivity index (χ0) is 22.1. The summed E-state index contributed by atoms with van der Waals surface area (Å²) >= 11 is 12.4. The summed E-state index contributed by atoms with van der Waals surface area (Å²) in [4.78, 5) is 19.8. The Morgan fingerprint density at radius 1 is 1.13 bits per heavy atom. The van der Waals surface area contributed by atoms with Crippen molar-refractivity contribution in [3.8, 4) is 11.5 Å². The summed E-state index contributed by atoms with van der Waals surface area (Å²) in [7, 11) is -4.41. The van der Waals surface area contributed by atoms with Crippen molar-refractivity contribution in [2.75, 3.05) is 32.8 Å². The molecule has 0 unspecified atom stereocenters. The van der Waals surface area contributed by atoms with Crippen molar-refractivity contribution in [3.05, 3.63) is 57.6 Å².